The Balaban J connectivity index is 1.47. The van der Waals surface area contributed by atoms with E-state index in [1.807, 2.05) is 19.1 Å². The van der Waals surface area contributed by atoms with Gasteiger partial charge >= 0.3 is 0 Å². The summed E-state index contributed by atoms with van der Waals surface area (Å²) in [6, 6.07) is 9.53. The van der Waals surface area contributed by atoms with Crippen LogP contribution in [-0.4, -0.2) is 54.8 Å². The molecule has 2 heterocycles. The molecule has 1 N–H and O–H groups in total. The number of allylic oxidation sites excluding steroid dienone is 2. The molecule has 0 saturated carbocycles. The summed E-state index contributed by atoms with van der Waals surface area (Å²) in [6.07, 6.45) is 5.80. The number of morpholine rings is 1. The molecule has 0 radical (unpaired) electrons. The molecule has 2 aromatic rings. The van der Waals surface area contributed by atoms with E-state index in [2.05, 4.69) is 10.2 Å². The fourth-order valence-electron chi connectivity index (χ4n) is 5.13. The van der Waals surface area contributed by atoms with E-state index in [0.717, 1.165) is 30.8 Å². The first kappa shape index (κ1) is 25.3. The number of ether oxygens (including phenoxy) is 2. The largest absolute Gasteiger partial charge is 0.379 e. The van der Waals surface area contributed by atoms with Crippen molar-refractivity contribution in [2.75, 3.05) is 38.2 Å². The van der Waals surface area contributed by atoms with Crippen LogP contribution in [0.2, 0.25) is 0 Å². The maximum atomic E-state index is 14.0. The molecule has 2 unspecified atom stereocenters. The molecule has 0 amide bonds. The van der Waals surface area contributed by atoms with Crippen LogP contribution < -0.4 is 5.32 Å². The van der Waals surface area contributed by atoms with Crippen molar-refractivity contribution in [3.05, 3.63) is 93.1 Å². The van der Waals surface area contributed by atoms with Crippen molar-refractivity contribution in [2.45, 2.75) is 25.7 Å². The average Bonchev–Trinajstić information content (AvgIpc) is 3.01. The Morgan fingerprint density at radius 2 is 2.03 bits per heavy atom. The molecule has 3 atom stereocenters. The number of anilines is 1. The van der Waals surface area contributed by atoms with Gasteiger partial charge in [-0.15, -0.1) is 0 Å². The number of rotatable bonds is 6. The Morgan fingerprint density at radius 3 is 2.81 bits per heavy atom. The first-order valence-electron chi connectivity index (χ1n) is 12.4. The van der Waals surface area contributed by atoms with Gasteiger partial charge in [-0.3, -0.25) is 15.0 Å². The highest BCUT2D eigenvalue weighted by Gasteiger charge is 2.31. The molecule has 9 heteroatoms. The summed E-state index contributed by atoms with van der Waals surface area (Å²) in [4.78, 5) is 13.9. The van der Waals surface area contributed by atoms with Gasteiger partial charge < -0.3 is 14.8 Å². The fraction of sp³-hybridized carbons (Fsp3) is 0.357. The Labute approximate surface area is 214 Å². The molecular formula is C28H29F2N3O4. The number of fused-ring (bicyclic) bond motifs is 2. The summed E-state index contributed by atoms with van der Waals surface area (Å²) in [7, 11) is 0. The molecular weight excluding hydrogens is 480 g/mol. The molecule has 194 valence electrons. The Kier molecular flexibility index (Phi) is 7.45. The maximum absolute atomic E-state index is 14.0. The average molecular weight is 510 g/mol. The quantitative estimate of drug-likeness (QED) is 0.418. The third kappa shape index (κ3) is 5.79. The second kappa shape index (κ2) is 10.9. The first-order chi connectivity index (χ1) is 17.9. The predicted octanol–water partition coefficient (Wildman–Crippen LogP) is 5.35. The minimum atomic E-state index is -0.566. The molecule has 1 fully saturated rings. The molecule has 2 aromatic carbocycles. The van der Waals surface area contributed by atoms with Crippen molar-refractivity contribution in [3.8, 4) is 0 Å². The number of hydrogen-bond acceptors (Lipinski definition) is 6. The predicted molar refractivity (Wildman–Crippen MR) is 138 cm³/mol. The molecule has 1 aliphatic carbocycles. The van der Waals surface area contributed by atoms with Crippen molar-refractivity contribution in [1.82, 2.24) is 4.90 Å². The summed E-state index contributed by atoms with van der Waals surface area (Å²) in [5, 5.41) is 15.3. The summed E-state index contributed by atoms with van der Waals surface area (Å²) < 4.78 is 39.3. The van der Waals surface area contributed by atoms with Gasteiger partial charge in [0.15, 0.2) is 0 Å². The molecule has 0 aromatic heterocycles. The van der Waals surface area contributed by atoms with Gasteiger partial charge in [0.25, 0.3) is 5.69 Å². The molecule has 0 bridgehead atoms. The molecule has 5 rings (SSSR count). The van der Waals surface area contributed by atoms with Crippen LogP contribution in [0.1, 0.15) is 23.6 Å². The van der Waals surface area contributed by atoms with Crippen molar-refractivity contribution in [1.29, 1.82) is 0 Å². The molecule has 7 nitrogen and oxygen atoms in total. The zero-order valence-corrected chi connectivity index (χ0v) is 20.5. The van der Waals surface area contributed by atoms with Crippen LogP contribution in [0, 0.1) is 21.8 Å². The Bertz CT molecular complexity index is 1270. The van der Waals surface area contributed by atoms with Gasteiger partial charge in [0.2, 0.25) is 0 Å². The molecule has 1 saturated heterocycles. The second-order valence-corrected chi connectivity index (χ2v) is 9.61. The van der Waals surface area contributed by atoms with Crippen LogP contribution in [0.3, 0.4) is 0 Å². The van der Waals surface area contributed by atoms with Gasteiger partial charge in [-0.25, -0.2) is 8.78 Å². The van der Waals surface area contributed by atoms with Crippen LogP contribution in [0.5, 0.6) is 0 Å². The number of hydrogen-bond donors (Lipinski definition) is 1. The topological polar surface area (TPSA) is 76.9 Å². The van der Waals surface area contributed by atoms with Crippen LogP contribution in [0.4, 0.5) is 20.2 Å². The highest BCUT2D eigenvalue weighted by atomic mass is 19.1. The normalized spacial score (nSPS) is 23.5. The second-order valence-electron chi connectivity index (χ2n) is 9.61. The smallest absolute Gasteiger partial charge is 0.292 e. The van der Waals surface area contributed by atoms with Crippen molar-refractivity contribution in [3.63, 3.8) is 0 Å². The highest BCUT2D eigenvalue weighted by Crippen LogP contribution is 2.40. The van der Waals surface area contributed by atoms with Crippen molar-refractivity contribution < 1.29 is 23.2 Å². The molecule has 0 spiro atoms. The number of nitrogens with one attached hydrogen (secondary N) is 1. The van der Waals surface area contributed by atoms with Crippen molar-refractivity contribution >= 4 is 23.0 Å². The van der Waals surface area contributed by atoms with Gasteiger partial charge in [0.1, 0.15) is 17.3 Å². The summed E-state index contributed by atoms with van der Waals surface area (Å²) in [6.45, 7) is 5.94. The number of nitro groups is 1. The van der Waals surface area contributed by atoms with Crippen LogP contribution in [0.15, 0.2) is 60.5 Å². The standard InChI is InChI=1S/C28H29F2N3O4/c1-18(16-32-8-10-36-11-9-32)31-26-7-2-19(13-27(26)33(34)35)12-25-23-5-3-21(29)14-20(23)17-37-28-15-22(30)4-6-24(25)28/h2-7,12-15,18,24,28,31H,8-11,16-17H2,1H3/b25-12+/t18-,24?,28?/m1/s1. The minimum Gasteiger partial charge on any atom is -0.379 e. The SMILES string of the molecule is C[C@H](CN1CCOCC1)Nc1ccc(/C=C2\c3ccc(F)cc3COC3C=C(F)C=CC23)cc1[N+](=O)[O-]. The molecule has 3 aliphatic rings. The Morgan fingerprint density at radius 1 is 1.22 bits per heavy atom. The third-order valence-electron chi connectivity index (χ3n) is 6.89. The third-order valence-corrected chi connectivity index (χ3v) is 6.89. The van der Waals surface area contributed by atoms with E-state index in [9.17, 15) is 18.9 Å². The van der Waals surface area contributed by atoms with Gasteiger partial charge in [0, 0.05) is 37.7 Å². The van der Waals surface area contributed by atoms with Crippen LogP contribution >= 0.6 is 0 Å². The van der Waals surface area contributed by atoms with E-state index in [0.29, 0.717) is 30.0 Å². The van der Waals surface area contributed by atoms with E-state index in [4.69, 9.17) is 9.47 Å². The van der Waals surface area contributed by atoms with Gasteiger partial charge in [0.05, 0.1) is 30.8 Å². The lowest BCUT2D eigenvalue weighted by Crippen LogP contribution is -2.42. The van der Waals surface area contributed by atoms with Crippen LogP contribution in [-0.2, 0) is 16.1 Å². The lowest BCUT2D eigenvalue weighted by molar-refractivity contribution is -0.384. The summed E-state index contributed by atoms with van der Waals surface area (Å²) >= 11 is 0. The zero-order chi connectivity index (χ0) is 25.9. The van der Waals surface area contributed by atoms with E-state index >= 15 is 0 Å². The van der Waals surface area contributed by atoms with Crippen molar-refractivity contribution in [2.24, 2.45) is 5.92 Å². The van der Waals surface area contributed by atoms with Crippen LogP contribution in [0.25, 0.3) is 11.6 Å². The number of nitro benzene ring substituents is 1. The summed E-state index contributed by atoms with van der Waals surface area (Å²) in [5.74, 6) is -1.10. The van der Waals surface area contributed by atoms with E-state index in [1.54, 1.807) is 18.2 Å². The summed E-state index contributed by atoms with van der Waals surface area (Å²) in [5.41, 5.74) is 3.24. The van der Waals surface area contributed by atoms with Gasteiger partial charge in [-0.05, 0) is 59.5 Å². The van der Waals surface area contributed by atoms with E-state index < -0.39 is 16.9 Å². The lowest BCUT2D eigenvalue weighted by atomic mass is 9.83. The number of nitrogens with zero attached hydrogens (tertiary/aromatic N) is 2. The molecule has 2 aliphatic heterocycles. The number of benzene rings is 2. The van der Waals surface area contributed by atoms with Gasteiger partial charge in [-0.1, -0.05) is 24.3 Å². The highest BCUT2D eigenvalue weighted by molar-refractivity contribution is 5.87. The monoisotopic (exact) mass is 509 g/mol. The maximum Gasteiger partial charge on any atom is 0.292 e. The van der Waals surface area contributed by atoms with E-state index in [1.165, 1.54) is 30.4 Å². The zero-order valence-electron chi connectivity index (χ0n) is 20.5. The Hall–Kier alpha value is -3.40. The first-order valence-corrected chi connectivity index (χ1v) is 12.4. The fourth-order valence-corrected chi connectivity index (χ4v) is 5.13. The number of halogens is 2. The molecule has 37 heavy (non-hydrogen) atoms. The minimum absolute atomic E-state index is 0.00315. The van der Waals surface area contributed by atoms with Gasteiger partial charge in [-0.2, -0.15) is 0 Å². The van der Waals surface area contributed by atoms with E-state index in [-0.39, 0.29) is 30.1 Å². The lowest BCUT2D eigenvalue weighted by Gasteiger charge is -2.29.